The van der Waals surface area contributed by atoms with Gasteiger partial charge in [0.05, 0.1) is 47.8 Å². The van der Waals surface area contributed by atoms with E-state index >= 15 is 0 Å². The van der Waals surface area contributed by atoms with Gasteiger partial charge in [-0.15, -0.1) is 6.58 Å². The molecule has 4 bridgehead atoms. The van der Waals surface area contributed by atoms with E-state index in [0.29, 0.717) is 44.1 Å². The lowest BCUT2D eigenvalue weighted by molar-refractivity contribution is -0.153. The van der Waals surface area contributed by atoms with E-state index in [1.807, 2.05) is 0 Å². The van der Waals surface area contributed by atoms with Crippen LogP contribution in [-0.4, -0.2) is 72.4 Å². The zero-order valence-corrected chi connectivity index (χ0v) is 31.0. The lowest BCUT2D eigenvalue weighted by Crippen LogP contribution is -2.48. The Hall–Kier alpha value is -4.01. The van der Waals surface area contributed by atoms with E-state index in [0.717, 1.165) is 6.07 Å². The molecule has 1 N–H and O–H groups in total. The molecule has 53 heavy (non-hydrogen) atoms. The number of hydrogen-bond acceptors (Lipinski definition) is 9. The largest absolute Gasteiger partial charge is 0.472 e. The third kappa shape index (κ3) is 8.24. The Balaban J connectivity index is 1.37. The average Bonchev–Trinajstić information content (AvgIpc) is 4.00. The molecule has 5 atom stereocenters. The number of alkyl halides is 3. The van der Waals surface area contributed by atoms with Crippen LogP contribution in [0.15, 0.2) is 37.1 Å². The molecule has 0 unspecified atom stereocenters. The van der Waals surface area contributed by atoms with Gasteiger partial charge in [0, 0.05) is 29.8 Å². The number of esters is 1. The highest BCUT2D eigenvalue weighted by Gasteiger charge is 2.61. The standard InChI is InChI=1S/C38H46F3N3O8S/c1-5-23-19-37(23,35(48)43-53(49,50)25-10-11-25)20-31(45)30-17-24-21-44(30)34(47)29(36(2,3)4)18-32(46)51-14-8-6-7-9-22-15-27-26(12-13-42-33(27)52-24)28(16-22)38(39,40)41/h5,12-13,15-16,23-25,29-30H,1,6-11,14,17-21H2,2-4H3,(H,43,48)/t23-,24-,29-,30+,37-/m1/s1. The normalized spacial score (nSPS) is 27.4. The second-order valence-electron chi connectivity index (χ2n) is 16.0. The zero-order chi connectivity index (χ0) is 38.5. The number of rotatable bonds is 7. The lowest BCUT2D eigenvalue weighted by Gasteiger charge is -2.34. The van der Waals surface area contributed by atoms with Crippen molar-refractivity contribution >= 4 is 44.4 Å². The zero-order valence-electron chi connectivity index (χ0n) is 30.2. The first-order valence-electron chi connectivity index (χ1n) is 18.2. The number of amides is 2. The molecule has 2 saturated carbocycles. The molecule has 3 fully saturated rings. The molecular weight excluding hydrogens is 715 g/mol. The number of sulfonamides is 1. The van der Waals surface area contributed by atoms with Crippen LogP contribution in [0.3, 0.4) is 0 Å². The van der Waals surface area contributed by atoms with E-state index in [9.17, 15) is 40.8 Å². The van der Waals surface area contributed by atoms with Crippen LogP contribution < -0.4 is 9.46 Å². The molecule has 2 aromatic rings. The van der Waals surface area contributed by atoms with E-state index in [1.165, 1.54) is 23.2 Å². The van der Waals surface area contributed by atoms with Gasteiger partial charge in [-0.25, -0.2) is 13.4 Å². The Labute approximate surface area is 307 Å². The van der Waals surface area contributed by atoms with Gasteiger partial charge < -0.3 is 14.4 Å². The van der Waals surface area contributed by atoms with Gasteiger partial charge in [-0.1, -0.05) is 26.8 Å². The Morgan fingerprint density at radius 3 is 2.49 bits per heavy atom. The molecule has 4 aliphatic rings. The van der Waals surface area contributed by atoms with Gasteiger partial charge in [0.25, 0.3) is 0 Å². The van der Waals surface area contributed by atoms with Gasteiger partial charge >= 0.3 is 12.1 Å². The van der Waals surface area contributed by atoms with Crippen LogP contribution in [0.25, 0.3) is 10.8 Å². The van der Waals surface area contributed by atoms with Gasteiger partial charge in [-0.3, -0.25) is 23.9 Å². The van der Waals surface area contributed by atoms with Crippen LogP contribution in [0.4, 0.5) is 13.2 Å². The summed E-state index contributed by atoms with van der Waals surface area (Å²) in [7, 11) is -3.91. The number of halogens is 3. The fourth-order valence-electron chi connectivity index (χ4n) is 7.67. The molecule has 2 aliphatic heterocycles. The van der Waals surface area contributed by atoms with E-state index in [1.54, 1.807) is 26.8 Å². The predicted molar refractivity (Wildman–Crippen MR) is 188 cm³/mol. The maximum atomic E-state index is 14.5. The summed E-state index contributed by atoms with van der Waals surface area (Å²) in [6, 6.07) is 2.87. The van der Waals surface area contributed by atoms with E-state index < -0.39 is 85.4 Å². The van der Waals surface area contributed by atoms with E-state index in [4.69, 9.17) is 9.47 Å². The van der Waals surface area contributed by atoms with Gasteiger partial charge in [-0.05, 0) is 80.0 Å². The highest BCUT2D eigenvalue weighted by atomic mass is 32.2. The minimum atomic E-state index is -4.67. The molecule has 0 radical (unpaired) electrons. The number of aryl methyl sites for hydroxylation is 1. The van der Waals surface area contributed by atoms with Crippen LogP contribution >= 0.6 is 0 Å². The number of pyridine rings is 1. The number of benzene rings is 1. The summed E-state index contributed by atoms with van der Waals surface area (Å²) in [6.45, 7) is 9.08. The molecular formula is C38H46F3N3O8S. The number of carbonyl (C=O) groups is 4. The SMILES string of the molecule is C=C[C@@H]1C[C@]1(CC(=O)[C@@H]1C[C@@H]2CN1C(=O)[C@H](C(C)(C)C)CC(=O)OCCCCCc1cc(C(F)(F)F)c3ccnc(c3c1)O2)C(=O)NS(=O)(=O)C1CC1. The summed E-state index contributed by atoms with van der Waals surface area (Å²) in [6.07, 6.45) is -0.545. The monoisotopic (exact) mass is 761 g/mol. The number of allylic oxidation sites excluding steroid dienone is 1. The number of Topliss-reactive ketones (excluding diaryl/α,β-unsaturated/α-hetero) is 1. The minimum absolute atomic E-state index is 0.0764. The van der Waals surface area contributed by atoms with Crippen molar-refractivity contribution in [2.45, 2.75) is 109 Å². The maximum Gasteiger partial charge on any atom is 0.417 e. The molecule has 11 nitrogen and oxygen atoms in total. The Kier molecular flexibility index (Phi) is 10.5. The predicted octanol–water partition coefficient (Wildman–Crippen LogP) is 5.68. The van der Waals surface area contributed by atoms with Crippen molar-refractivity contribution in [2.24, 2.45) is 22.7 Å². The summed E-state index contributed by atoms with van der Waals surface area (Å²) >= 11 is 0. The molecule has 288 valence electrons. The molecule has 1 aromatic carbocycles. The van der Waals surface area contributed by atoms with Crippen molar-refractivity contribution in [1.82, 2.24) is 14.6 Å². The van der Waals surface area contributed by atoms with Crippen molar-refractivity contribution in [3.05, 3.63) is 48.2 Å². The Morgan fingerprint density at radius 2 is 1.85 bits per heavy atom. The fourth-order valence-corrected chi connectivity index (χ4v) is 9.06. The molecule has 2 aliphatic carbocycles. The lowest BCUT2D eigenvalue weighted by atomic mass is 9.77. The molecule has 0 spiro atoms. The van der Waals surface area contributed by atoms with Crippen LogP contribution in [0.2, 0.25) is 0 Å². The Morgan fingerprint density at radius 1 is 1.11 bits per heavy atom. The highest BCUT2D eigenvalue weighted by molar-refractivity contribution is 7.90. The van der Waals surface area contributed by atoms with Crippen LogP contribution in [0.1, 0.15) is 89.7 Å². The van der Waals surface area contributed by atoms with Crippen molar-refractivity contribution in [3.63, 3.8) is 0 Å². The summed E-state index contributed by atoms with van der Waals surface area (Å²) in [4.78, 5) is 61.0. The van der Waals surface area contributed by atoms with Crippen molar-refractivity contribution in [3.8, 4) is 5.88 Å². The van der Waals surface area contributed by atoms with Crippen LogP contribution in [0.5, 0.6) is 5.88 Å². The summed E-state index contributed by atoms with van der Waals surface area (Å²) in [5.41, 5.74) is -2.54. The Bertz CT molecular complexity index is 1920. The van der Waals surface area contributed by atoms with E-state index in [2.05, 4.69) is 16.3 Å². The molecule has 1 aromatic heterocycles. The van der Waals surface area contributed by atoms with Crippen molar-refractivity contribution in [2.75, 3.05) is 13.2 Å². The highest BCUT2D eigenvalue weighted by Crippen LogP contribution is 2.57. The average molecular weight is 762 g/mol. The smallest absolute Gasteiger partial charge is 0.417 e. The maximum absolute atomic E-state index is 14.5. The number of aromatic nitrogens is 1. The van der Waals surface area contributed by atoms with Crippen molar-refractivity contribution < 1.29 is 50.2 Å². The van der Waals surface area contributed by atoms with Gasteiger partial charge in [0.15, 0.2) is 5.78 Å². The second kappa shape index (κ2) is 14.3. The summed E-state index contributed by atoms with van der Waals surface area (Å²) in [5, 5.41) is -0.615. The molecule has 3 heterocycles. The number of fused-ring (bicyclic) bond motifs is 3. The molecule has 6 rings (SSSR count). The second-order valence-corrected chi connectivity index (χ2v) is 18.0. The molecule has 2 amide bonds. The third-order valence-corrected chi connectivity index (χ3v) is 12.9. The van der Waals surface area contributed by atoms with Gasteiger partial charge in [0.2, 0.25) is 27.7 Å². The number of ketones is 1. The first-order chi connectivity index (χ1) is 24.8. The fraction of sp³-hybridized carbons (Fsp3) is 0.605. The molecule has 1 saturated heterocycles. The van der Waals surface area contributed by atoms with Crippen molar-refractivity contribution in [1.29, 1.82) is 0 Å². The van der Waals surface area contributed by atoms with Gasteiger partial charge in [0.1, 0.15) is 6.10 Å². The first-order valence-corrected chi connectivity index (χ1v) is 19.7. The number of nitrogens with zero attached hydrogens (tertiary/aromatic N) is 2. The van der Waals surface area contributed by atoms with E-state index in [-0.39, 0.29) is 55.5 Å². The quantitative estimate of drug-likeness (QED) is 0.278. The number of nitrogens with one attached hydrogen (secondary N) is 1. The minimum Gasteiger partial charge on any atom is -0.472 e. The summed E-state index contributed by atoms with van der Waals surface area (Å²) < 4.78 is 82.4. The number of hydrogen-bond donors (Lipinski definition) is 1. The van der Waals surface area contributed by atoms with Crippen LogP contribution in [-0.2, 0) is 46.5 Å². The summed E-state index contributed by atoms with van der Waals surface area (Å²) in [5.74, 6) is -3.89. The first kappa shape index (κ1) is 38.7. The topological polar surface area (TPSA) is 149 Å². The molecule has 15 heteroatoms. The number of ether oxygens (including phenoxy) is 2. The van der Waals surface area contributed by atoms with Gasteiger partial charge in [-0.2, -0.15) is 13.2 Å². The number of cyclic esters (lactones) is 1. The van der Waals surface area contributed by atoms with Crippen LogP contribution in [0, 0.1) is 22.7 Å². The third-order valence-electron chi connectivity index (χ3n) is 11.0. The number of carbonyl (C=O) groups excluding carboxylic acids is 4.